The van der Waals surface area contributed by atoms with E-state index in [2.05, 4.69) is 25.6 Å². The zero-order valence-electron chi connectivity index (χ0n) is 22.3. The van der Waals surface area contributed by atoms with Gasteiger partial charge in [-0.15, -0.1) is 0 Å². The molecule has 1 heterocycles. The maximum atomic E-state index is 13.4. The third-order valence-electron chi connectivity index (χ3n) is 5.92. The van der Waals surface area contributed by atoms with E-state index in [0.29, 0.717) is 0 Å². The van der Waals surface area contributed by atoms with E-state index >= 15 is 0 Å². The fraction of sp³-hybridized carbons (Fsp3) is 0. The van der Waals surface area contributed by atoms with Gasteiger partial charge < -0.3 is 36.9 Å². The van der Waals surface area contributed by atoms with Crippen molar-refractivity contribution >= 4 is 72.4 Å². The summed E-state index contributed by atoms with van der Waals surface area (Å²) >= 11 is 0. The topological polar surface area (TPSA) is 289 Å². The summed E-state index contributed by atoms with van der Waals surface area (Å²) < 4.78 is 72.4. The molecular weight excluding hydrogens is 626 g/mol. The second-order valence-corrected chi connectivity index (χ2v) is 11.2. The van der Waals surface area contributed by atoms with E-state index in [-0.39, 0.29) is 111 Å². The molecule has 4 aromatic rings. The van der Waals surface area contributed by atoms with E-state index in [4.69, 9.17) is 17.2 Å². The zero-order valence-corrected chi connectivity index (χ0v) is 27.9. The van der Waals surface area contributed by atoms with E-state index in [1.54, 1.807) is 0 Å². The molecule has 43 heavy (non-hydrogen) atoms. The second-order valence-electron chi connectivity index (χ2n) is 8.53. The number of nitrogens with one attached hydrogen (secondary N) is 2. The summed E-state index contributed by atoms with van der Waals surface area (Å²) in [5.41, 5.74) is 14.5. The van der Waals surface area contributed by atoms with Gasteiger partial charge in [-0.05, 0) is 24.3 Å². The van der Waals surface area contributed by atoms with Crippen LogP contribution in [0.1, 0.15) is 31.8 Å². The van der Waals surface area contributed by atoms with Crippen molar-refractivity contribution in [1.82, 2.24) is 15.0 Å². The standard InChI is InChI=1S/C23H18N8O8S2.2Na/c24-18-15(41(37,38)39)8-13(16-17(18)20(33)11-4-2-1-3-10(11)19(16)32)27-9-5-6-12(14(7-9)40(34,35)36)28-23-30-21(25)29-22(26)31-23;;/h1-8,27H,24H2,(H,34,35,36)(H,37,38,39)(H5,25,26,28,29,30,31);;/q;2*+1/p-2. The Morgan fingerprint density at radius 2 is 1.19 bits per heavy atom. The largest absolute Gasteiger partial charge is 1.00 e. The first-order chi connectivity index (χ1) is 19.1. The first-order valence-corrected chi connectivity index (χ1v) is 14.0. The van der Waals surface area contributed by atoms with Crippen molar-refractivity contribution in [3.63, 3.8) is 0 Å². The molecule has 0 atom stereocenters. The number of hydrogen-bond acceptors (Lipinski definition) is 16. The van der Waals surface area contributed by atoms with Gasteiger partial charge in [0.1, 0.15) is 20.2 Å². The van der Waals surface area contributed by atoms with Gasteiger partial charge >= 0.3 is 59.1 Å². The molecule has 0 unspecified atom stereocenters. The van der Waals surface area contributed by atoms with Gasteiger partial charge in [-0.3, -0.25) is 9.59 Å². The van der Waals surface area contributed by atoms with Gasteiger partial charge in [0.15, 0.2) is 11.6 Å². The van der Waals surface area contributed by atoms with Gasteiger partial charge in [0.05, 0.1) is 38.0 Å². The number of nitrogens with two attached hydrogens (primary N) is 3. The summed E-state index contributed by atoms with van der Waals surface area (Å²) in [7, 11) is -10.4. The van der Waals surface area contributed by atoms with Crippen LogP contribution in [0.5, 0.6) is 0 Å². The Morgan fingerprint density at radius 1 is 0.651 bits per heavy atom. The van der Waals surface area contributed by atoms with Crippen molar-refractivity contribution in [3.8, 4) is 0 Å². The molecule has 8 N–H and O–H groups in total. The monoisotopic (exact) mass is 642 g/mol. The number of hydrogen-bond donors (Lipinski definition) is 5. The maximum Gasteiger partial charge on any atom is 1.00 e. The van der Waals surface area contributed by atoms with Crippen molar-refractivity contribution in [3.05, 3.63) is 70.8 Å². The Hall–Kier alpha value is -3.17. The summed E-state index contributed by atoms with van der Waals surface area (Å²) in [5, 5.41) is 5.13. The van der Waals surface area contributed by atoms with Crippen LogP contribution in [0.4, 0.5) is 40.6 Å². The summed E-state index contributed by atoms with van der Waals surface area (Å²) in [6, 6.07) is 9.68. The molecule has 0 aliphatic heterocycles. The number of benzene rings is 3. The number of ketones is 2. The zero-order chi connectivity index (χ0) is 29.9. The molecule has 0 saturated carbocycles. The number of aromatic nitrogens is 3. The molecule has 16 nitrogen and oxygen atoms in total. The van der Waals surface area contributed by atoms with Gasteiger partial charge in [0, 0.05) is 16.8 Å². The molecule has 210 valence electrons. The van der Waals surface area contributed by atoms with E-state index in [1.807, 2.05) is 0 Å². The van der Waals surface area contributed by atoms with Gasteiger partial charge in [-0.1, -0.05) is 24.3 Å². The van der Waals surface area contributed by atoms with Crippen LogP contribution >= 0.6 is 0 Å². The third-order valence-corrected chi connectivity index (χ3v) is 7.67. The van der Waals surface area contributed by atoms with Gasteiger partial charge in [0.2, 0.25) is 17.8 Å². The number of rotatable bonds is 6. The molecule has 20 heteroatoms. The van der Waals surface area contributed by atoms with Crippen molar-refractivity contribution < 1.29 is 94.6 Å². The summed E-state index contributed by atoms with van der Waals surface area (Å²) in [4.78, 5) is 36.0. The predicted molar refractivity (Wildman–Crippen MR) is 142 cm³/mol. The minimum Gasteiger partial charge on any atom is -0.744 e. The van der Waals surface area contributed by atoms with Gasteiger partial charge in [-0.25, -0.2) is 16.8 Å². The molecule has 3 aromatic carbocycles. The number of nitrogen functional groups attached to an aromatic ring is 3. The number of fused-ring (bicyclic) bond motifs is 2. The normalized spacial score (nSPS) is 12.3. The molecule has 0 spiro atoms. The van der Waals surface area contributed by atoms with Crippen molar-refractivity contribution in [2.75, 3.05) is 27.8 Å². The molecule has 0 saturated heterocycles. The Balaban J connectivity index is 0.00000253. The number of carbonyl (C=O) groups excluding carboxylic acids is 2. The van der Waals surface area contributed by atoms with Gasteiger partial charge in [0.25, 0.3) is 0 Å². The smallest absolute Gasteiger partial charge is 0.744 e. The van der Waals surface area contributed by atoms with Crippen molar-refractivity contribution in [2.45, 2.75) is 9.79 Å². The SMILES string of the molecule is Nc1nc(N)nc(Nc2ccc(Nc3cc(S(=O)(=O)[O-])c(N)c4c3C(=O)c3ccccc3C4=O)cc2S(=O)(=O)[O-])n1.[Na+].[Na+]. The average molecular weight is 643 g/mol. The summed E-state index contributed by atoms with van der Waals surface area (Å²) in [6.45, 7) is 0. The molecule has 0 fully saturated rings. The fourth-order valence-electron chi connectivity index (χ4n) is 4.25. The van der Waals surface area contributed by atoms with Crippen LogP contribution in [0.15, 0.2) is 58.3 Å². The van der Waals surface area contributed by atoms with Crippen LogP contribution < -0.4 is 86.9 Å². The van der Waals surface area contributed by atoms with Crippen LogP contribution in [0.3, 0.4) is 0 Å². The third kappa shape index (κ3) is 6.68. The minimum absolute atomic E-state index is 0. The van der Waals surface area contributed by atoms with E-state index < -0.39 is 52.8 Å². The molecule has 1 aromatic heterocycles. The van der Waals surface area contributed by atoms with Crippen LogP contribution in [-0.2, 0) is 20.2 Å². The summed E-state index contributed by atoms with van der Waals surface area (Å²) in [5.74, 6) is -2.38. The molecular formula is C23H16N8Na2O8S2. The Labute approximate surface area is 288 Å². The Kier molecular flexibility index (Phi) is 9.93. The minimum atomic E-state index is -5.25. The van der Waals surface area contributed by atoms with E-state index in [9.17, 15) is 35.5 Å². The second kappa shape index (κ2) is 12.4. The number of nitrogens with zero attached hydrogens (tertiary/aromatic N) is 3. The van der Waals surface area contributed by atoms with Crippen LogP contribution in [0.25, 0.3) is 0 Å². The number of anilines is 7. The molecule has 0 amide bonds. The maximum absolute atomic E-state index is 13.4. The van der Waals surface area contributed by atoms with Crippen LogP contribution in [0, 0.1) is 0 Å². The quantitative estimate of drug-likeness (QED) is 0.0656. The summed E-state index contributed by atoms with van der Waals surface area (Å²) in [6.07, 6.45) is 0. The van der Waals surface area contributed by atoms with Crippen LogP contribution in [-0.4, -0.2) is 52.5 Å². The van der Waals surface area contributed by atoms with Gasteiger partial charge in [-0.2, -0.15) is 15.0 Å². The van der Waals surface area contributed by atoms with Crippen molar-refractivity contribution in [2.24, 2.45) is 0 Å². The number of carbonyl (C=O) groups is 2. The van der Waals surface area contributed by atoms with E-state index in [0.717, 1.165) is 18.2 Å². The molecule has 1 aliphatic carbocycles. The van der Waals surface area contributed by atoms with E-state index in [1.165, 1.54) is 30.3 Å². The first-order valence-electron chi connectivity index (χ1n) is 11.2. The molecule has 0 radical (unpaired) electrons. The van der Waals surface area contributed by atoms with Crippen LogP contribution in [0.2, 0.25) is 0 Å². The predicted octanol–water partition coefficient (Wildman–Crippen LogP) is -5.30. The molecule has 1 aliphatic rings. The Morgan fingerprint density at radius 3 is 1.72 bits per heavy atom. The fourth-order valence-corrected chi connectivity index (χ4v) is 5.54. The molecule has 5 rings (SSSR count). The molecule has 0 bridgehead atoms. The van der Waals surface area contributed by atoms with Crippen molar-refractivity contribution in [1.29, 1.82) is 0 Å². The average Bonchev–Trinajstić information content (AvgIpc) is 2.87. The first kappa shape index (κ1) is 34.3. The Bertz CT molecular complexity index is 2020.